The van der Waals surface area contributed by atoms with Gasteiger partial charge in [-0.2, -0.15) is 0 Å². The Kier molecular flexibility index (Phi) is 19.6. The summed E-state index contributed by atoms with van der Waals surface area (Å²) < 4.78 is 0. The minimum Gasteiger partial charge on any atom is -0.352 e. The minimum absolute atomic E-state index is 0.0137. The zero-order valence-electron chi connectivity index (χ0n) is 27.4. The van der Waals surface area contributed by atoms with Crippen LogP contribution in [0.5, 0.6) is 0 Å². The van der Waals surface area contributed by atoms with Gasteiger partial charge in [-0.1, -0.05) is 113 Å². The third kappa shape index (κ3) is 16.1. The van der Waals surface area contributed by atoms with Crippen LogP contribution in [0.4, 0.5) is 0 Å². The Balaban J connectivity index is 1.44. The van der Waals surface area contributed by atoms with E-state index in [1.54, 1.807) is 48.5 Å². The molecule has 242 valence electrons. The van der Waals surface area contributed by atoms with Crippen LogP contribution in [0.25, 0.3) is 0 Å². The standard InChI is InChI=1S/C38H56N2O4/c1-31(41)32-21-23-33(24-22-32)36(42)19-15-11-7-4-3-5-8-12-16-20-37(43)34-25-27-35(28-26-34)38(44)40-30-18-14-10-6-9-13-17-29-39-2/h21-28,39H,3-20,29-30H2,1-2H3,(H,40,44). The van der Waals surface area contributed by atoms with Gasteiger partial charge in [-0.3, -0.25) is 19.2 Å². The monoisotopic (exact) mass is 604 g/mol. The largest absolute Gasteiger partial charge is 0.352 e. The molecule has 0 radical (unpaired) electrons. The van der Waals surface area contributed by atoms with Gasteiger partial charge in [0.15, 0.2) is 17.3 Å². The normalized spacial score (nSPS) is 11.0. The Hall–Kier alpha value is -3.12. The predicted octanol–water partition coefficient (Wildman–Crippen LogP) is 8.93. The molecule has 0 aliphatic rings. The van der Waals surface area contributed by atoms with Gasteiger partial charge < -0.3 is 10.6 Å². The summed E-state index contributed by atoms with van der Waals surface area (Å²) in [6.45, 7) is 3.32. The molecule has 0 atom stereocenters. The third-order valence-corrected chi connectivity index (χ3v) is 8.28. The summed E-state index contributed by atoms with van der Waals surface area (Å²) in [5, 5.41) is 6.18. The van der Waals surface area contributed by atoms with Gasteiger partial charge in [-0.25, -0.2) is 0 Å². The van der Waals surface area contributed by atoms with Crippen LogP contribution in [0.15, 0.2) is 48.5 Å². The van der Waals surface area contributed by atoms with Crippen LogP contribution in [-0.2, 0) is 0 Å². The van der Waals surface area contributed by atoms with Crippen molar-refractivity contribution < 1.29 is 19.2 Å². The number of ketones is 3. The second-order valence-electron chi connectivity index (χ2n) is 12.1. The Bertz CT molecular complexity index is 1110. The van der Waals surface area contributed by atoms with Crippen molar-refractivity contribution in [3.05, 3.63) is 70.8 Å². The molecule has 2 aromatic carbocycles. The van der Waals surface area contributed by atoms with Crippen molar-refractivity contribution in [3.8, 4) is 0 Å². The highest BCUT2D eigenvalue weighted by Gasteiger charge is 2.10. The Morgan fingerprint density at radius 2 is 0.795 bits per heavy atom. The number of benzene rings is 2. The summed E-state index contributed by atoms with van der Waals surface area (Å²) in [5.74, 6) is 0.239. The molecule has 0 spiro atoms. The second-order valence-corrected chi connectivity index (χ2v) is 12.1. The van der Waals surface area contributed by atoms with Crippen LogP contribution in [0.2, 0.25) is 0 Å². The first-order valence-corrected chi connectivity index (χ1v) is 17.1. The lowest BCUT2D eigenvalue weighted by atomic mass is 10.0. The van der Waals surface area contributed by atoms with Crippen molar-refractivity contribution in [2.45, 2.75) is 122 Å². The molecule has 2 N–H and O–H groups in total. The van der Waals surface area contributed by atoms with Gasteiger partial charge in [0.05, 0.1) is 0 Å². The number of rotatable bonds is 26. The van der Waals surface area contributed by atoms with E-state index in [0.717, 1.165) is 57.9 Å². The fourth-order valence-electron chi connectivity index (χ4n) is 5.41. The van der Waals surface area contributed by atoms with E-state index in [2.05, 4.69) is 10.6 Å². The molecule has 1 amide bonds. The molecule has 0 aliphatic heterocycles. The van der Waals surface area contributed by atoms with Gasteiger partial charge >= 0.3 is 0 Å². The van der Waals surface area contributed by atoms with Crippen molar-refractivity contribution in [1.29, 1.82) is 0 Å². The smallest absolute Gasteiger partial charge is 0.251 e. The van der Waals surface area contributed by atoms with Crippen molar-refractivity contribution in [2.75, 3.05) is 20.1 Å². The Morgan fingerprint density at radius 1 is 0.455 bits per heavy atom. The molecule has 6 nitrogen and oxygen atoms in total. The number of hydrogen-bond donors (Lipinski definition) is 2. The first-order valence-electron chi connectivity index (χ1n) is 17.1. The van der Waals surface area contributed by atoms with Gasteiger partial charge in [-0.05, 0) is 58.3 Å². The quantitative estimate of drug-likeness (QED) is 0.0826. The Labute approximate surface area is 266 Å². The average Bonchev–Trinajstić information content (AvgIpc) is 3.04. The SMILES string of the molecule is CNCCCCCCCCCNC(=O)c1ccc(C(=O)CCCCCCCCCCCC(=O)c2ccc(C(C)=O)cc2)cc1. The molecule has 2 rings (SSSR count). The molecule has 0 unspecified atom stereocenters. The van der Waals surface area contributed by atoms with Crippen LogP contribution in [0, 0.1) is 0 Å². The van der Waals surface area contributed by atoms with Crippen molar-refractivity contribution in [1.82, 2.24) is 10.6 Å². The molecular weight excluding hydrogens is 548 g/mol. The van der Waals surface area contributed by atoms with Crippen molar-refractivity contribution >= 4 is 23.3 Å². The fourth-order valence-corrected chi connectivity index (χ4v) is 5.41. The molecule has 2 aromatic rings. The van der Waals surface area contributed by atoms with Crippen LogP contribution in [0.3, 0.4) is 0 Å². The highest BCUT2D eigenvalue weighted by molar-refractivity contribution is 5.99. The zero-order chi connectivity index (χ0) is 31.8. The van der Waals surface area contributed by atoms with E-state index in [-0.39, 0.29) is 23.3 Å². The van der Waals surface area contributed by atoms with Crippen molar-refractivity contribution in [2.24, 2.45) is 0 Å². The zero-order valence-corrected chi connectivity index (χ0v) is 27.4. The van der Waals surface area contributed by atoms with Crippen LogP contribution in [0.1, 0.15) is 164 Å². The predicted molar refractivity (Wildman–Crippen MR) is 181 cm³/mol. The number of hydrogen-bond acceptors (Lipinski definition) is 5. The average molecular weight is 605 g/mol. The molecule has 0 saturated carbocycles. The molecular formula is C38H56N2O4. The van der Waals surface area contributed by atoms with E-state index in [1.807, 2.05) is 7.05 Å². The minimum atomic E-state index is -0.0677. The number of Topliss-reactive ketones (excluding diaryl/α,β-unsaturated/α-hetero) is 3. The highest BCUT2D eigenvalue weighted by Crippen LogP contribution is 2.15. The van der Waals surface area contributed by atoms with E-state index in [9.17, 15) is 19.2 Å². The van der Waals surface area contributed by atoms with Crippen molar-refractivity contribution in [3.63, 3.8) is 0 Å². The number of carbonyl (C=O) groups is 4. The van der Waals surface area contributed by atoms with Crippen LogP contribution in [-0.4, -0.2) is 43.4 Å². The van der Waals surface area contributed by atoms with Gasteiger partial charge in [0.2, 0.25) is 0 Å². The van der Waals surface area contributed by atoms with Crippen LogP contribution < -0.4 is 10.6 Å². The van der Waals surface area contributed by atoms with E-state index in [4.69, 9.17) is 0 Å². The number of carbonyl (C=O) groups excluding carboxylic acids is 4. The maximum absolute atomic E-state index is 12.6. The summed E-state index contributed by atoms with van der Waals surface area (Å²) in [6.07, 6.45) is 19.3. The molecule has 0 heterocycles. The van der Waals surface area contributed by atoms with E-state index < -0.39 is 0 Å². The number of unbranched alkanes of at least 4 members (excludes halogenated alkanes) is 14. The highest BCUT2D eigenvalue weighted by atomic mass is 16.2. The lowest BCUT2D eigenvalue weighted by Crippen LogP contribution is -2.24. The fraction of sp³-hybridized carbons (Fsp3) is 0.579. The topological polar surface area (TPSA) is 92.3 Å². The summed E-state index contributed by atoms with van der Waals surface area (Å²) >= 11 is 0. The van der Waals surface area contributed by atoms with Gasteiger partial charge in [-0.15, -0.1) is 0 Å². The lowest BCUT2D eigenvalue weighted by Gasteiger charge is -2.07. The summed E-state index contributed by atoms with van der Waals surface area (Å²) in [6, 6.07) is 14.0. The van der Waals surface area contributed by atoms with Gasteiger partial charge in [0.25, 0.3) is 5.91 Å². The first kappa shape index (κ1) is 37.1. The maximum atomic E-state index is 12.6. The summed E-state index contributed by atoms with van der Waals surface area (Å²) in [7, 11) is 1.99. The number of nitrogens with one attached hydrogen (secondary N) is 2. The number of amides is 1. The molecule has 0 bridgehead atoms. The molecule has 6 heteroatoms. The first-order chi connectivity index (χ1) is 21.4. The second kappa shape index (κ2) is 23.3. The van der Waals surface area contributed by atoms with Gasteiger partial charge in [0.1, 0.15) is 0 Å². The Morgan fingerprint density at radius 3 is 1.20 bits per heavy atom. The lowest BCUT2D eigenvalue weighted by molar-refractivity contribution is 0.0947. The van der Waals surface area contributed by atoms with E-state index in [0.29, 0.717) is 41.6 Å². The summed E-state index contributed by atoms with van der Waals surface area (Å²) in [5.41, 5.74) is 2.62. The molecule has 44 heavy (non-hydrogen) atoms. The maximum Gasteiger partial charge on any atom is 0.251 e. The molecule has 0 saturated heterocycles. The summed E-state index contributed by atoms with van der Waals surface area (Å²) in [4.78, 5) is 48.7. The molecule has 0 aromatic heterocycles. The molecule has 0 fully saturated rings. The van der Waals surface area contributed by atoms with E-state index >= 15 is 0 Å². The van der Waals surface area contributed by atoms with Gasteiger partial charge in [0, 0.05) is 41.6 Å². The van der Waals surface area contributed by atoms with E-state index in [1.165, 1.54) is 58.3 Å². The molecule has 0 aliphatic carbocycles. The van der Waals surface area contributed by atoms with Crippen LogP contribution >= 0.6 is 0 Å². The third-order valence-electron chi connectivity index (χ3n) is 8.28.